The molecule has 4 heteroatoms. The molecular weight excluding hydrogens is 326 g/mol. The summed E-state index contributed by atoms with van der Waals surface area (Å²) in [5.74, 6) is 0.0851. The SMILES string of the molecule is Cc1cc(F)c(C(Br)c2ccc3c(c2)CCO3)cc1F. The Kier molecular flexibility index (Phi) is 3.50. The molecule has 104 valence electrons. The first-order valence-corrected chi connectivity index (χ1v) is 7.33. The molecule has 1 heterocycles. The van der Waals surface area contributed by atoms with Gasteiger partial charge in [-0.05, 0) is 41.8 Å². The standard InChI is InChI=1S/C16H13BrF2O/c1-9-6-14(19)12(8-13(9)18)16(17)11-2-3-15-10(7-11)4-5-20-15/h2-3,6-8,16H,4-5H2,1H3. The van der Waals surface area contributed by atoms with E-state index in [0.717, 1.165) is 23.3 Å². The van der Waals surface area contributed by atoms with E-state index in [2.05, 4.69) is 15.9 Å². The van der Waals surface area contributed by atoms with Gasteiger partial charge in [0.2, 0.25) is 0 Å². The zero-order valence-corrected chi connectivity index (χ0v) is 12.5. The van der Waals surface area contributed by atoms with Gasteiger partial charge in [0.1, 0.15) is 17.4 Å². The van der Waals surface area contributed by atoms with Crippen LogP contribution in [0, 0.1) is 18.6 Å². The predicted octanol–water partition coefficient (Wildman–Crippen LogP) is 4.69. The number of halogens is 3. The number of fused-ring (bicyclic) bond motifs is 1. The molecular formula is C16H13BrF2O. The molecule has 0 bridgehead atoms. The molecule has 0 aliphatic carbocycles. The molecule has 1 aliphatic rings. The summed E-state index contributed by atoms with van der Waals surface area (Å²) in [7, 11) is 0. The third-order valence-electron chi connectivity index (χ3n) is 3.56. The van der Waals surface area contributed by atoms with Crippen LogP contribution < -0.4 is 4.74 Å². The summed E-state index contributed by atoms with van der Waals surface area (Å²) >= 11 is 3.46. The zero-order valence-electron chi connectivity index (χ0n) is 10.9. The van der Waals surface area contributed by atoms with Gasteiger partial charge in [-0.3, -0.25) is 0 Å². The fourth-order valence-electron chi connectivity index (χ4n) is 2.40. The highest BCUT2D eigenvalue weighted by Crippen LogP contribution is 2.36. The highest BCUT2D eigenvalue weighted by atomic mass is 79.9. The van der Waals surface area contributed by atoms with Gasteiger partial charge in [0, 0.05) is 12.0 Å². The van der Waals surface area contributed by atoms with E-state index in [0.29, 0.717) is 17.7 Å². The molecule has 0 spiro atoms. The average Bonchev–Trinajstić information content (AvgIpc) is 2.89. The Bertz CT molecular complexity index is 670. The van der Waals surface area contributed by atoms with E-state index in [1.807, 2.05) is 18.2 Å². The van der Waals surface area contributed by atoms with Crippen molar-refractivity contribution in [2.75, 3.05) is 6.61 Å². The maximum atomic E-state index is 14.0. The van der Waals surface area contributed by atoms with Crippen LogP contribution in [0.4, 0.5) is 8.78 Å². The Labute approximate surface area is 124 Å². The third kappa shape index (κ3) is 2.33. The first-order chi connectivity index (χ1) is 9.56. The largest absolute Gasteiger partial charge is 0.493 e. The van der Waals surface area contributed by atoms with Gasteiger partial charge in [0.15, 0.2) is 0 Å². The second kappa shape index (κ2) is 5.17. The summed E-state index contributed by atoms with van der Waals surface area (Å²) in [6.07, 6.45) is 0.855. The van der Waals surface area contributed by atoms with Gasteiger partial charge in [-0.2, -0.15) is 0 Å². The van der Waals surface area contributed by atoms with Crippen molar-refractivity contribution >= 4 is 15.9 Å². The molecule has 0 saturated carbocycles. The number of hydrogen-bond acceptors (Lipinski definition) is 1. The normalized spacial score (nSPS) is 14.8. The van der Waals surface area contributed by atoms with Gasteiger partial charge < -0.3 is 4.74 Å². The smallest absolute Gasteiger partial charge is 0.128 e. The second-order valence-electron chi connectivity index (χ2n) is 4.95. The molecule has 1 nitrogen and oxygen atoms in total. The number of ether oxygens (including phenoxy) is 1. The van der Waals surface area contributed by atoms with Crippen LogP contribution in [0.3, 0.4) is 0 Å². The van der Waals surface area contributed by atoms with Crippen molar-refractivity contribution in [2.24, 2.45) is 0 Å². The minimum Gasteiger partial charge on any atom is -0.493 e. The van der Waals surface area contributed by atoms with E-state index in [1.165, 1.54) is 12.1 Å². The van der Waals surface area contributed by atoms with E-state index < -0.39 is 11.6 Å². The van der Waals surface area contributed by atoms with Gasteiger partial charge in [-0.25, -0.2) is 8.78 Å². The summed E-state index contributed by atoms with van der Waals surface area (Å²) in [5, 5.41) is 0. The van der Waals surface area contributed by atoms with Crippen LogP contribution in [0.25, 0.3) is 0 Å². The van der Waals surface area contributed by atoms with Crippen LogP contribution in [0.5, 0.6) is 5.75 Å². The molecule has 1 unspecified atom stereocenters. The maximum absolute atomic E-state index is 14.0. The number of rotatable bonds is 2. The van der Waals surface area contributed by atoms with Crippen LogP contribution in [0.2, 0.25) is 0 Å². The number of benzene rings is 2. The lowest BCUT2D eigenvalue weighted by molar-refractivity contribution is 0.357. The molecule has 2 aromatic carbocycles. The Morgan fingerprint density at radius 2 is 1.95 bits per heavy atom. The van der Waals surface area contributed by atoms with Crippen LogP contribution in [0.1, 0.15) is 27.1 Å². The lowest BCUT2D eigenvalue weighted by atomic mass is 10.00. The average molecular weight is 339 g/mol. The molecule has 0 aromatic heterocycles. The number of aryl methyl sites for hydroxylation is 1. The monoisotopic (exact) mass is 338 g/mol. The van der Waals surface area contributed by atoms with Crippen molar-refractivity contribution in [2.45, 2.75) is 18.2 Å². The molecule has 3 rings (SSSR count). The molecule has 0 N–H and O–H groups in total. The molecule has 2 aromatic rings. The van der Waals surface area contributed by atoms with Crippen molar-refractivity contribution in [1.82, 2.24) is 0 Å². The van der Waals surface area contributed by atoms with Gasteiger partial charge in [0.05, 0.1) is 11.4 Å². The van der Waals surface area contributed by atoms with Gasteiger partial charge in [-0.15, -0.1) is 0 Å². The lowest BCUT2D eigenvalue weighted by Crippen LogP contribution is -2.00. The minimum absolute atomic E-state index is 0.312. The quantitative estimate of drug-likeness (QED) is 0.721. The second-order valence-corrected chi connectivity index (χ2v) is 5.87. The fourth-order valence-corrected chi connectivity index (χ4v) is 3.04. The molecule has 0 amide bonds. The number of alkyl halides is 1. The maximum Gasteiger partial charge on any atom is 0.128 e. The zero-order chi connectivity index (χ0) is 14.3. The van der Waals surface area contributed by atoms with E-state index in [1.54, 1.807) is 6.92 Å². The van der Waals surface area contributed by atoms with Crippen molar-refractivity contribution in [1.29, 1.82) is 0 Å². The van der Waals surface area contributed by atoms with E-state index in [9.17, 15) is 8.78 Å². The van der Waals surface area contributed by atoms with Crippen molar-refractivity contribution in [3.63, 3.8) is 0 Å². The molecule has 0 fully saturated rings. The Morgan fingerprint density at radius 1 is 1.15 bits per heavy atom. The molecule has 1 atom stereocenters. The van der Waals surface area contributed by atoms with Crippen LogP contribution >= 0.6 is 15.9 Å². The fraction of sp³-hybridized carbons (Fsp3) is 0.250. The van der Waals surface area contributed by atoms with E-state index in [4.69, 9.17) is 4.74 Å². The lowest BCUT2D eigenvalue weighted by Gasteiger charge is -2.14. The highest BCUT2D eigenvalue weighted by molar-refractivity contribution is 9.09. The van der Waals surface area contributed by atoms with Crippen molar-refractivity contribution < 1.29 is 13.5 Å². The molecule has 0 radical (unpaired) electrons. The Hall–Kier alpha value is -1.42. The Morgan fingerprint density at radius 3 is 2.75 bits per heavy atom. The summed E-state index contributed by atoms with van der Waals surface area (Å²) in [6.45, 7) is 2.23. The topological polar surface area (TPSA) is 9.23 Å². The first kappa shape index (κ1) is 13.6. The van der Waals surface area contributed by atoms with Crippen LogP contribution in [-0.2, 0) is 6.42 Å². The summed E-state index contributed by atoms with van der Waals surface area (Å²) in [5.41, 5.74) is 2.64. The van der Waals surface area contributed by atoms with Crippen LogP contribution in [-0.4, -0.2) is 6.61 Å². The summed E-state index contributed by atoms with van der Waals surface area (Å²) < 4.78 is 33.1. The first-order valence-electron chi connectivity index (χ1n) is 6.41. The van der Waals surface area contributed by atoms with Crippen molar-refractivity contribution in [3.05, 3.63) is 64.2 Å². The summed E-state index contributed by atoms with van der Waals surface area (Å²) in [6, 6.07) is 8.23. The van der Waals surface area contributed by atoms with E-state index in [-0.39, 0.29) is 4.83 Å². The van der Waals surface area contributed by atoms with Gasteiger partial charge in [0.25, 0.3) is 0 Å². The molecule has 1 aliphatic heterocycles. The highest BCUT2D eigenvalue weighted by Gasteiger charge is 2.20. The molecule has 0 saturated heterocycles. The van der Waals surface area contributed by atoms with Gasteiger partial charge >= 0.3 is 0 Å². The van der Waals surface area contributed by atoms with Gasteiger partial charge in [-0.1, -0.05) is 28.1 Å². The summed E-state index contributed by atoms with van der Waals surface area (Å²) in [4.78, 5) is -0.372. The Balaban J connectivity index is 2.00. The van der Waals surface area contributed by atoms with Crippen LogP contribution in [0.15, 0.2) is 30.3 Å². The predicted molar refractivity (Wildman–Crippen MR) is 77.5 cm³/mol. The van der Waals surface area contributed by atoms with E-state index >= 15 is 0 Å². The molecule has 20 heavy (non-hydrogen) atoms. The third-order valence-corrected chi connectivity index (χ3v) is 4.58. The van der Waals surface area contributed by atoms with Crippen molar-refractivity contribution in [3.8, 4) is 5.75 Å². The minimum atomic E-state index is -0.400. The number of hydrogen-bond donors (Lipinski definition) is 0.